The third-order valence-electron chi connectivity index (χ3n) is 8.05. The van der Waals surface area contributed by atoms with Crippen LogP contribution in [0, 0.1) is 5.41 Å². The van der Waals surface area contributed by atoms with E-state index >= 15 is 0 Å². The van der Waals surface area contributed by atoms with Gasteiger partial charge in [-0.1, -0.05) is 109 Å². The molecule has 3 nitrogen and oxygen atoms in total. The molecule has 168 valence electrons. The molecule has 0 bridgehead atoms. The summed E-state index contributed by atoms with van der Waals surface area (Å²) < 4.78 is 6.82. The number of hydrogen-bond acceptors (Lipinski definition) is 3. The van der Waals surface area contributed by atoms with Gasteiger partial charge in [0.15, 0.2) is 5.78 Å². The SMILES string of the molecule is CC(=O)[C@@]12c3ccccc3C3=C(c4ccccc4)O[C@@H](c4ccccc41)[C@]32C(=O)c1ccccc1. The van der Waals surface area contributed by atoms with Gasteiger partial charge in [-0.05, 0) is 29.2 Å². The summed E-state index contributed by atoms with van der Waals surface area (Å²) in [6.07, 6.45) is -0.604. The molecule has 0 spiro atoms. The maximum atomic E-state index is 14.9. The Morgan fingerprint density at radius 3 is 2.03 bits per heavy atom. The van der Waals surface area contributed by atoms with Gasteiger partial charge in [-0.15, -0.1) is 0 Å². The summed E-state index contributed by atoms with van der Waals surface area (Å²) in [7, 11) is 0. The Labute approximate surface area is 203 Å². The van der Waals surface area contributed by atoms with Crippen LogP contribution < -0.4 is 0 Å². The first-order valence-corrected chi connectivity index (χ1v) is 11.9. The molecule has 0 amide bonds. The normalized spacial score (nSPS) is 25.0. The molecule has 0 saturated heterocycles. The lowest BCUT2D eigenvalue weighted by Crippen LogP contribution is -2.51. The van der Waals surface area contributed by atoms with Crippen molar-refractivity contribution < 1.29 is 14.3 Å². The van der Waals surface area contributed by atoms with Crippen LogP contribution in [-0.2, 0) is 14.9 Å². The summed E-state index contributed by atoms with van der Waals surface area (Å²) in [5.74, 6) is 0.564. The van der Waals surface area contributed by atoms with Crippen molar-refractivity contribution in [3.8, 4) is 0 Å². The number of carbonyl (C=O) groups is 2. The van der Waals surface area contributed by atoms with Gasteiger partial charge in [0, 0.05) is 16.7 Å². The number of ether oxygens (including phenoxy) is 1. The van der Waals surface area contributed by atoms with Crippen molar-refractivity contribution in [2.45, 2.75) is 18.4 Å². The summed E-state index contributed by atoms with van der Waals surface area (Å²) in [4.78, 5) is 28.9. The first-order chi connectivity index (χ1) is 17.1. The van der Waals surface area contributed by atoms with Crippen molar-refractivity contribution in [1.82, 2.24) is 0 Å². The van der Waals surface area contributed by atoms with E-state index in [1.54, 1.807) is 6.92 Å². The van der Waals surface area contributed by atoms with Crippen LogP contribution in [-0.4, -0.2) is 11.6 Å². The van der Waals surface area contributed by atoms with Gasteiger partial charge in [0.1, 0.15) is 28.5 Å². The highest BCUT2D eigenvalue weighted by atomic mass is 16.5. The second-order valence-electron chi connectivity index (χ2n) is 9.51. The van der Waals surface area contributed by atoms with E-state index in [1.165, 1.54) is 0 Å². The van der Waals surface area contributed by atoms with E-state index in [2.05, 4.69) is 0 Å². The van der Waals surface area contributed by atoms with Gasteiger partial charge < -0.3 is 4.74 Å². The van der Waals surface area contributed by atoms with Crippen LogP contribution in [0.3, 0.4) is 0 Å². The molecular weight excluding hydrogens is 432 g/mol. The molecule has 0 unspecified atom stereocenters. The topological polar surface area (TPSA) is 43.4 Å². The predicted molar refractivity (Wildman–Crippen MR) is 135 cm³/mol. The average Bonchev–Trinajstić information content (AvgIpc) is 3.49. The lowest BCUT2D eigenvalue weighted by molar-refractivity contribution is -0.123. The number of benzene rings is 4. The fourth-order valence-corrected chi connectivity index (χ4v) is 6.94. The summed E-state index contributed by atoms with van der Waals surface area (Å²) in [6, 6.07) is 35.2. The average molecular weight is 455 g/mol. The largest absolute Gasteiger partial charge is 0.483 e. The molecular formula is C32H22O3. The van der Waals surface area contributed by atoms with Crippen molar-refractivity contribution in [2.75, 3.05) is 0 Å². The summed E-state index contributed by atoms with van der Waals surface area (Å²) >= 11 is 0. The van der Waals surface area contributed by atoms with Gasteiger partial charge in [0.2, 0.25) is 0 Å². The van der Waals surface area contributed by atoms with Gasteiger partial charge in [0.25, 0.3) is 0 Å². The predicted octanol–water partition coefficient (Wildman–Crippen LogP) is 6.40. The van der Waals surface area contributed by atoms with E-state index in [4.69, 9.17) is 4.74 Å². The van der Waals surface area contributed by atoms with E-state index < -0.39 is 16.9 Å². The zero-order valence-corrected chi connectivity index (χ0v) is 19.2. The highest BCUT2D eigenvalue weighted by molar-refractivity contribution is 6.23. The molecule has 0 radical (unpaired) electrons. The fraction of sp³-hybridized carbons (Fsp3) is 0.125. The van der Waals surface area contributed by atoms with Crippen LogP contribution in [0.4, 0.5) is 0 Å². The van der Waals surface area contributed by atoms with E-state index in [-0.39, 0.29) is 11.6 Å². The van der Waals surface area contributed by atoms with Gasteiger partial charge in [0.05, 0.1) is 0 Å². The maximum Gasteiger partial charge on any atom is 0.179 e. The highest BCUT2D eigenvalue weighted by Crippen LogP contribution is 2.77. The lowest BCUT2D eigenvalue weighted by Gasteiger charge is -2.39. The Hall–Kier alpha value is -4.24. The standard InChI is InChI=1S/C32H22O3/c1-20(33)31-25-18-10-8-16-23(25)27-28(21-12-4-2-5-13-21)35-30(24-17-9-11-19-26(24)31)32(27,31)29(34)22-14-6-3-7-15-22/h2-19,30H,1H3/t30-,31+,32+/m0/s1. The highest BCUT2D eigenvalue weighted by Gasteiger charge is 2.79. The maximum absolute atomic E-state index is 14.9. The van der Waals surface area contributed by atoms with Crippen molar-refractivity contribution in [2.24, 2.45) is 5.41 Å². The number of Topliss-reactive ketones (excluding diaryl/α,β-unsaturated/α-hetero) is 2. The summed E-state index contributed by atoms with van der Waals surface area (Å²) in [5.41, 5.74) is 3.51. The van der Waals surface area contributed by atoms with Crippen LogP contribution in [0.1, 0.15) is 51.2 Å². The fourth-order valence-electron chi connectivity index (χ4n) is 6.94. The molecule has 3 heteroatoms. The zero-order chi connectivity index (χ0) is 23.8. The third kappa shape index (κ3) is 2.17. The van der Waals surface area contributed by atoms with Crippen LogP contribution in [0.15, 0.2) is 109 Å². The van der Waals surface area contributed by atoms with Gasteiger partial charge in [-0.2, -0.15) is 0 Å². The number of carbonyl (C=O) groups excluding carboxylic acids is 2. The Bertz CT molecular complexity index is 1570. The molecule has 0 aromatic heterocycles. The molecule has 4 aromatic rings. The number of fused-ring (bicyclic) bond motifs is 6. The minimum Gasteiger partial charge on any atom is -0.483 e. The van der Waals surface area contributed by atoms with Crippen LogP contribution in [0.5, 0.6) is 0 Å². The monoisotopic (exact) mass is 454 g/mol. The van der Waals surface area contributed by atoms with E-state index in [1.807, 2.05) is 109 Å². The number of rotatable bonds is 4. The molecule has 3 atom stereocenters. The molecule has 0 saturated carbocycles. The van der Waals surface area contributed by atoms with Crippen LogP contribution >= 0.6 is 0 Å². The summed E-state index contributed by atoms with van der Waals surface area (Å²) in [6.45, 7) is 1.62. The van der Waals surface area contributed by atoms with Crippen molar-refractivity contribution in [1.29, 1.82) is 0 Å². The minimum absolute atomic E-state index is 0.0444. The van der Waals surface area contributed by atoms with Crippen LogP contribution in [0.2, 0.25) is 0 Å². The second-order valence-corrected chi connectivity index (χ2v) is 9.51. The Morgan fingerprint density at radius 1 is 0.714 bits per heavy atom. The van der Waals surface area contributed by atoms with Crippen LogP contribution in [0.25, 0.3) is 11.3 Å². The third-order valence-corrected chi connectivity index (χ3v) is 8.05. The first kappa shape index (κ1) is 20.2. The number of ketones is 2. The van der Waals surface area contributed by atoms with Gasteiger partial charge in [-0.25, -0.2) is 0 Å². The molecule has 0 N–H and O–H groups in total. The molecule has 1 heterocycles. The Kier molecular flexibility index (Phi) is 3.97. The first-order valence-electron chi connectivity index (χ1n) is 11.9. The molecule has 35 heavy (non-hydrogen) atoms. The van der Waals surface area contributed by atoms with E-state index in [0.717, 1.165) is 33.4 Å². The molecule has 2 aliphatic carbocycles. The molecule has 4 aromatic carbocycles. The summed E-state index contributed by atoms with van der Waals surface area (Å²) in [5, 5.41) is 0. The smallest absolute Gasteiger partial charge is 0.179 e. The second kappa shape index (κ2) is 6.89. The number of hydrogen-bond donors (Lipinski definition) is 0. The quantitative estimate of drug-likeness (QED) is 0.335. The van der Waals surface area contributed by atoms with E-state index in [0.29, 0.717) is 11.3 Å². The molecule has 3 aliphatic rings. The minimum atomic E-state index is -1.22. The molecule has 0 fully saturated rings. The Balaban J connectivity index is 1.70. The van der Waals surface area contributed by atoms with Crippen molar-refractivity contribution in [3.63, 3.8) is 0 Å². The van der Waals surface area contributed by atoms with Crippen molar-refractivity contribution in [3.05, 3.63) is 143 Å². The molecule has 1 aliphatic heterocycles. The lowest BCUT2D eigenvalue weighted by atomic mass is 9.57. The van der Waals surface area contributed by atoms with Gasteiger partial charge in [-0.3, -0.25) is 9.59 Å². The van der Waals surface area contributed by atoms with E-state index in [9.17, 15) is 9.59 Å². The molecule has 7 rings (SSSR count). The Morgan fingerprint density at radius 2 is 1.31 bits per heavy atom. The van der Waals surface area contributed by atoms with Gasteiger partial charge >= 0.3 is 0 Å². The van der Waals surface area contributed by atoms with Crippen molar-refractivity contribution >= 4 is 22.9 Å². The zero-order valence-electron chi connectivity index (χ0n) is 19.2.